The number of hydrogen-bond acceptors (Lipinski definition) is 15. The van der Waals surface area contributed by atoms with Crippen molar-refractivity contribution >= 4 is 17.7 Å². The van der Waals surface area contributed by atoms with E-state index in [1.54, 1.807) is 86.5 Å². The number of nitrogens with one attached hydrogen (secondary N) is 1. The monoisotopic (exact) mass is 987 g/mol. The largest absolute Gasteiger partial charge is 0.459 e. The van der Waals surface area contributed by atoms with Crippen LogP contribution in [0.25, 0.3) is 0 Å². The molecule has 6 N–H and O–H groups in total. The molecule has 19 heteroatoms. The zero-order valence-electron chi connectivity index (χ0n) is 43.1. The molecule has 4 fully saturated rings. The summed E-state index contributed by atoms with van der Waals surface area (Å²) < 4.78 is 67.0. The molecular weight excluding hydrogens is 903 g/mol. The third kappa shape index (κ3) is 12.8. The maximum atomic E-state index is 14.6. The average Bonchev–Trinajstić information content (AvgIpc) is 3.29. The summed E-state index contributed by atoms with van der Waals surface area (Å²) in [6.07, 6.45) is -10.8. The van der Waals surface area contributed by atoms with Gasteiger partial charge in [-0.3, -0.25) is 14.6 Å². The minimum atomic E-state index is -2.79. The highest BCUT2D eigenvalue weighted by molar-refractivity contribution is 5.91. The predicted octanol–water partition coefficient (Wildman–Crippen LogP) is 4.29. The molecule has 18 atom stereocenters. The van der Waals surface area contributed by atoms with Gasteiger partial charge in [0.05, 0.1) is 42.0 Å². The van der Waals surface area contributed by atoms with Crippen molar-refractivity contribution in [2.45, 2.75) is 203 Å². The predicted molar refractivity (Wildman–Crippen MR) is 253 cm³/mol. The summed E-state index contributed by atoms with van der Waals surface area (Å²) >= 11 is 0. The van der Waals surface area contributed by atoms with Gasteiger partial charge in [0, 0.05) is 77.7 Å². The molecule has 0 unspecified atom stereocenters. The number of β-amino-alcohol motifs (C(OH)–C–C–N with tert-alkyl or cyclic N) is 1. The number of piperidine rings is 1. The summed E-state index contributed by atoms with van der Waals surface area (Å²) in [5.74, 6) is -5.99. The smallest absolute Gasteiger partial charge is 0.324 e. The first-order valence-corrected chi connectivity index (χ1v) is 24.8. The highest BCUT2D eigenvalue weighted by Gasteiger charge is 2.59. The first kappa shape index (κ1) is 57.2. The number of cyclic esters (lactones) is 1. The van der Waals surface area contributed by atoms with E-state index >= 15 is 0 Å². The number of likely N-dealkylation sites (tertiary alicyclic amines) is 1. The minimum Gasteiger partial charge on any atom is -0.459 e. The third-order valence-corrected chi connectivity index (χ3v) is 15.8. The van der Waals surface area contributed by atoms with Crippen LogP contribution >= 0.6 is 0 Å². The van der Waals surface area contributed by atoms with Gasteiger partial charge in [-0.2, -0.15) is 0 Å². The van der Waals surface area contributed by atoms with Crippen molar-refractivity contribution in [1.82, 2.24) is 15.1 Å². The van der Waals surface area contributed by atoms with E-state index in [1.165, 1.54) is 23.8 Å². The number of anilines is 1. The van der Waals surface area contributed by atoms with Crippen molar-refractivity contribution in [1.29, 1.82) is 0 Å². The number of rotatable bonds is 10. The maximum absolute atomic E-state index is 14.6. The zero-order valence-corrected chi connectivity index (χ0v) is 43.1. The number of likely N-dealkylation sites (N-methyl/N-ethyl adjacent to an activating group) is 1. The number of amides is 2. The Morgan fingerprint density at radius 3 is 2.16 bits per heavy atom. The molecule has 4 heterocycles. The fraction of sp³-hybridized carbons (Fsp3) is 0.840. The highest BCUT2D eigenvalue weighted by Crippen LogP contribution is 2.44. The Hall–Kier alpha value is -2.66. The number of nitrogens with zero attached hydrogens (tertiary/aromatic N) is 3. The van der Waals surface area contributed by atoms with Gasteiger partial charge in [-0.25, -0.2) is 13.6 Å². The van der Waals surface area contributed by atoms with Crippen LogP contribution in [-0.4, -0.2) is 190 Å². The second kappa shape index (κ2) is 22.6. The van der Waals surface area contributed by atoms with Crippen LogP contribution in [0.4, 0.5) is 19.3 Å². The molecule has 0 aromatic heterocycles. The van der Waals surface area contributed by atoms with E-state index < -0.39 is 114 Å². The lowest BCUT2D eigenvalue weighted by molar-refractivity contribution is -0.339. The molecule has 1 aromatic carbocycles. The van der Waals surface area contributed by atoms with Crippen LogP contribution < -0.4 is 10.2 Å². The van der Waals surface area contributed by atoms with Crippen molar-refractivity contribution < 1.29 is 72.3 Å². The molecule has 0 radical (unpaired) electrons. The van der Waals surface area contributed by atoms with Gasteiger partial charge in [-0.15, -0.1) is 0 Å². The minimum absolute atomic E-state index is 0.0229. The summed E-state index contributed by atoms with van der Waals surface area (Å²) in [5, 5.41) is 63.9. The third-order valence-electron chi connectivity index (χ3n) is 15.8. The second-order valence-electron chi connectivity index (χ2n) is 21.5. The van der Waals surface area contributed by atoms with Crippen molar-refractivity contribution in [2.75, 3.05) is 52.3 Å². The van der Waals surface area contributed by atoms with Gasteiger partial charge in [0.2, 0.25) is 0 Å². The normalized spacial score (nSPS) is 43.2. The molecule has 1 aromatic rings. The molecule has 5 rings (SSSR count). The van der Waals surface area contributed by atoms with Crippen LogP contribution in [0.2, 0.25) is 0 Å². The fourth-order valence-corrected chi connectivity index (χ4v) is 11.1. The molecule has 0 bridgehead atoms. The number of hydrogen-bond donors (Lipinski definition) is 6. The van der Waals surface area contributed by atoms with Crippen LogP contribution in [0.15, 0.2) is 30.3 Å². The van der Waals surface area contributed by atoms with Crippen LogP contribution in [-0.2, 0) is 33.2 Å². The van der Waals surface area contributed by atoms with Crippen LogP contribution in [0, 0.1) is 17.8 Å². The quantitative estimate of drug-likeness (QED) is 0.181. The Morgan fingerprint density at radius 1 is 0.942 bits per heavy atom. The van der Waals surface area contributed by atoms with Crippen molar-refractivity contribution in [3.05, 3.63) is 30.3 Å². The molecule has 4 saturated heterocycles. The fourth-order valence-electron chi connectivity index (χ4n) is 11.1. The van der Waals surface area contributed by atoms with Crippen LogP contribution in [0.1, 0.15) is 108 Å². The molecule has 0 saturated carbocycles. The van der Waals surface area contributed by atoms with Crippen molar-refractivity contribution in [3.63, 3.8) is 0 Å². The molecular formula is C50H84F2N4O13. The van der Waals surface area contributed by atoms with Gasteiger partial charge in [0.15, 0.2) is 12.6 Å². The van der Waals surface area contributed by atoms with Crippen LogP contribution in [0.3, 0.4) is 0 Å². The molecule has 396 valence electrons. The Balaban J connectivity index is 1.54. The summed E-state index contributed by atoms with van der Waals surface area (Å²) in [6.45, 7) is 17.2. The number of carbonyl (C=O) groups excluding carboxylic acids is 2. The first-order valence-electron chi connectivity index (χ1n) is 24.8. The van der Waals surface area contributed by atoms with E-state index in [2.05, 4.69) is 5.32 Å². The number of methoxy groups -OCH3 is 1. The molecule has 69 heavy (non-hydrogen) atoms. The number of aliphatic hydroxyl groups is 5. The summed E-state index contributed by atoms with van der Waals surface area (Å²) in [5.41, 5.74) is -6.06. The van der Waals surface area contributed by atoms with Crippen LogP contribution in [0.5, 0.6) is 0 Å². The molecule has 0 aliphatic carbocycles. The van der Waals surface area contributed by atoms with Gasteiger partial charge < -0.3 is 64.2 Å². The van der Waals surface area contributed by atoms with Gasteiger partial charge >= 0.3 is 12.0 Å². The lowest BCUT2D eigenvalue weighted by atomic mass is 9.74. The number of esters is 1. The van der Waals surface area contributed by atoms with E-state index in [9.17, 15) is 43.9 Å². The average molecular weight is 987 g/mol. The number of halogens is 2. The summed E-state index contributed by atoms with van der Waals surface area (Å²) in [6, 6.07) is 7.24. The van der Waals surface area contributed by atoms with E-state index in [-0.39, 0.29) is 76.7 Å². The van der Waals surface area contributed by atoms with Gasteiger partial charge in [0.1, 0.15) is 35.1 Å². The van der Waals surface area contributed by atoms with Gasteiger partial charge in [-0.1, -0.05) is 39.0 Å². The SMILES string of the molecule is CC[C@H]1OC(=O)[C@H](C)[C@@H](O[C@H]2C[C@@](C)(OC)[C@](O)(CN3CCC(F)(F)CC3)[C@H](C)O2)[C@H](C)[C@@H](O[C@@H]2O[C@H](C)C[C@H](N(C)C(=O)N(C)c3ccccc3)[C@H]2O)[C@](C)(O)C[C@@H](C)CN[C@H](C)[C@@H](O)[C@]1(C)O. The van der Waals surface area contributed by atoms with E-state index in [4.69, 9.17) is 28.4 Å². The van der Waals surface area contributed by atoms with E-state index in [0.717, 1.165) is 0 Å². The number of carbonyl (C=O) groups is 2. The lowest BCUT2D eigenvalue weighted by Gasteiger charge is -2.55. The number of urea groups is 1. The Bertz CT molecular complexity index is 1830. The number of alkyl halides is 2. The first-order chi connectivity index (χ1) is 32.0. The summed E-state index contributed by atoms with van der Waals surface area (Å²) in [4.78, 5) is 33.2. The number of aliphatic hydroxyl groups excluding tert-OH is 2. The maximum Gasteiger partial charge on any atom is 0.324 e. The number of benzene rings is 1. The lowest BCUT2D eigenvalue weighted by Crippen LogP contribution is -2.70. The van der Waals surface area contributed by atoms with E-state index in [1.807, 2.05) is 25.1 Å². The highest BCUT2D eigenvalue weighted by atomic mass is 19.3. The number of para-hydroxylation sites is 1. The second-order valence-corrected chi connectivity index (χ2v) is 21.5. The number of ether oxygens (including phenoxy) is 6. The zero-order chi connectivity index (χ0) is 51.6. The molecule has 2 amide bonds. The van der Waals surface area contributed by atoms with Gasteiger partial charge in [-0.05, 0) is 92.3 Å². The standard InChI is InChI=1S/C50H84F2N4O13/c1-14-37-48(10,62)41(58)33(6)53-27-29(2)25-46(8,61)42(69-44-39(57)36(24-30(3)65-44)55(12)45(60)54(11)35-18-16-15-17-19-35)31(4)40(32(5)43(59)67-37)68-38-26-47(9,64-13)50(63,34(7)66-38)28-56-22-20-49(51,52)21-23-56/h15-19,29-34,36-42,44,53,57-58,61-63H,14,20-28H2,1-13H3/t29-,30-,31+,32-,33-,34+,36+,37-,38+,39-,40+,41-,42-,44+,46-,47-,48-,50+/m1/s1. The van der Waals surface area contributed by atoms with E-state index in [0.29, 0.717) is 5.69 Å². The molecule has 0 spiro atoms. The Morgan fingerprint density at radius 2 is 1.57 bits per heavy atom. The molecule has 4 aliphatic rings. The Kier molecular flexibility index (Phi) is 18.8. The van der Waals surface area contributed by atoms with Crippen molar-refractivity contribution in [2.24, 2.45) is 17.8 Å². The van der Waals surface area contributed by atoms with Gasteiger partial charge in [0.25, 0.3) is 5.92 Å². The topological polar surface area (TPSA) is 212 Å². The molecule has 4 aliphatic heterocycles. The molecule has 17 nitrogen and oxygen atoms in total. The summed E-state index contributed by atoms with van der Waals surface area (Å²) in [7, 11) is 4.68. The Labute approximate surface area is 408 Å². The van der Waals surface area contributed by atoms with Crippen molar-refractivity contribution in [3.8, 4) is 0 Å².